The first-order valence-electron chi connectivity index (χ1n) is 14.4. The van der Waals surface area contributed by atoms with E-state index in [-0.39, 0.29) is 34.5 Å². The van der Waals surface area contributed by atoms with Crippen LogP contribution in [0.5, 0.6) is 5.75 Å². The minimum absolute atomic E-state index is 0.00530. The number of carbonyl (C=O) groups is 2. The number of anilines is 1. The van der Waals surface area contributed by atoms with Crippen molar-refractivity contribution >= 4 is 55.1 Å². The zero-order valence-electron chi connectivity index (χ0n) is 25.0. The molecule has 11 heteroatoms. The summed E-state index contributed by atoms with van der Waals surface area (Å²) in [5, 5.41) is 3.12. The number of nitrogens with zero attached hydrogens (tertiary/aromatic N) is 2. The van der Waals surface area contributed by atoms with Crippen LogP contribution in [0.1, 0.15) is 24.5 Å². The van der Waals surface area contributed by atoms with E-state index in [1.165, 1.54) is 36.3 Å². The molecule has 236 valence electrons. The molecule has 0 radical (unpaired) electrons. The van der Waals surface area contributed by atoms with E-state index in [1.807, 2.05) is 61.5 Å². The molecule has 0 aliphatic rings. The number of halogens is 2. The first kappa shape index (κ1) is 34.0. The van der Waals surface area contributed by atoms with E-state index in [4.69, 9.17) is 16.3 Å². The van der Waals surface area contributed by atoms with Crippen LogP contribution in [0.25, 0.3) is 0 Å². The van der Waals surface area contributed by atoms with Gasteiger partial charge in [0.25, 0.3) is 10.0 Å². The van der Waals surface area contributed by atoms with Crippen LogP contribution in [0.15, 0.2) is 112 Å². The zero-order valence-corrected chi connectivity index (χ0v) is 28.2. The topological polar surface area (TPSA) is 96.0 Å². The molecule has 1 atom stereocenters. The van der Waals surface area contributed by atoms with Gasteiger partial charge in [-0.3, -0.25) is 13.9 Å². The van der Waals surface area contributed by atoms with Gasteiger partial charge >= 0.3 is 0 Å². The molecule has 1 N–H and O–H groups in total. The van der Waals surface area contributed by atoms with Crippen molar-refractivity contribution in [1.29, 1.82) is 0 Å². The standard InChI is InChI=1S/C34H35BrClN3O5S/c1-3-20-37-34(41)31(21-25-10-6-4-7-11-25)38(23-26-14-16-27(35)17-15-26)33(40)24-39(28-18-19-32(44-2)30(36)22-28)45(42,43)29-12-8-5-9-13-29/h4-19,22,31H,3,20-21,23-24H2,1-2H3,(H,37,41)/t31-/m1/s1. The Morgan fingerprint density at radius 3 is 2.16 bits per heavy atom. The molecule has 0 spiro atoms. The highest BCUT2D eigenvalue weighted by molar-refractivity contribution is 9.10. The molecule has 4 aromatic rings. The average molecular weight is 713 g/mol. The van der Waals surface area contributed by atoms with Gasteiger partial charge in [-0.2, -0.15) is 0 Å². The molecular weight excluding hydrogens is 678 g/mol. The van der Waals surface area contributed by atoms with Gasteiger partial charge in [-0.1, -0.05) is 95.1 Å². The molecule has 0 aliphatic heterocycles. The summed E-state index contributed by atoms with van der Waals surface area (Å²) in [6.07, 6.45) is 0.949. The van der Waals surface area contributed by atoms with E-state index < -0.39 is 28.5 Å². The van der Waals surface area contributed by atoms with E-state index in [9.17, 15) is 18.0 Å². The summed E-state index contributed by atoms with van der Waals surface area (Å²) in [7, 11) is -2.78. The second-order valence-corrected chi connectivity index (χ2v) is 13.5. The lowest BCUT2D eigenvalue weighted by Gasteiger charge is -2.34. The van der Waals surface area contributed by atoms with E-state index in [1.54, 1.807) is 24.3 Å². The first-order valence-corrected chi connectivity index (χ1v) is 17.0. The highest BCUT2D eigenvalue weighted by atomic mass is 79.9. The summed E-state index contributed by atoms with van der Waals surface area (Å²) in [6, 6.07) is 28.3. The Labute approximate surface area is 278 Å². The smallest absolute Gasteiger partial charge is 0.264 e. The quantitative estimate of drug-likeness (QED) is 0.162. The molecule has 45 heavy (non-hydrogen) atoms. The van der Waals surface area contributed by atoms with Gasteiger partial charge in [-0.05, 0) is 60.0 Å². The maximum Gasteiger partial charge on any atom is 0.264 e. The molecule has 0 aromatic heterocycles. The maximum atomic E-state index is 14.5. The largest absolute Gasteiger partial charge is 0.495 e. The summed E-state index contributed by atoms with van der Waals surface area (Å²) in [5.41, 5.74) is 1.81. The highest BCUT2D eigenvalue weighted by Gasteiger charge is 2.34. The number of hydrogen-bond acceptors (Lipinski definition) is 5. The van der Waals surface area contributed by atoms with E-state index in [2.05, 4.69) is 21.2 Å². The van der Waals surface area contributed by atoms with Crippen LogP contribution in [-0.2, 0) is 32.6 Å². The third-order valence-electron chi connectivity index (χ3n) is 7.12. The average Bonchev–Trinajstić information content (AvgIpc) is 3.05. The predicted molar refractivity (Wildman–Crippen MR) is 181 cm³/mol. The number of nitrogens with one attached hydrogen (secondary N) is 1. The van der Waals surface area contributed by atoms with Crippen molar-refractivity contribution in [2.45, 2.75) is 37.2 Å². The van der Waals surface area contributed by atoms with Crippen LogP contribution in [0.2, 0.25) is 5.02 Å². The van der Waals surface area contributed by atoms with Gasteiger partial charge in [0.1, 0.15) is 18.3 Å². The second-order valence-electron chi connectivity index (χ2n) is 10.3. The Hall–Kier alpha value is -3.86. The van der Waals surface area contributed by atoms with Gasteiger partial charge < -0.3 is 15.0 Å². The molecule has 0 aliphatic carbocycles. The van der Waals surface area contributed by atoms with Crippen LogP contribution < -0.4 is 14.4 Å². The molecule has 0 saturated heterocycles. The normalized spacial score (nSPS) is 11.8. The van der Waals surface area contributed by atoms with Crippen LogP contribution >= 0.6 is 27.5 Å². The third kappa shape index (κ3) is 8.87. The van der Waals surface area contributed by atoms with Gasteiger partial charge in [-0.15, -0.1) is 0 Å². The molecule has 4 rings (SSSR count). The van der Waals surface area contributed by atoms with Crippen LogP contribution in [0.4, 0.5) is 5.69 Å². The van der Waals surface area contributed by atoms with Gasteiger partial charge in [0.05, 0.1) is 22.7 Å². The molecular formula is C34H35BrClN3O5S. The maximum absolute atomic E-state index is 14.5. The monoisotopic (exact) mass is 711 g/mol. The van der Waals surface area contributed by atoms with Gasteiger partial charge in [0.2, 0.25) is 11.8 Å². The lowest BCUT2D eigenvalue weighted by atomic mass is 10.0. The van der Waals surface area contributed by atoms with Gasteiger partial charge in [0.15, 0.2) is 0 Å². The molecule has 0 heterocycles. The second kappa shape index (κ2) is 15.9. The van der Waals surface area contributed by atoms with Crippen molar-refractivity contribution in [2.75, 3.05) is 24.5 Å². The van der Waals surface area contributed by atoms with Crippen molar-refractivity contribution in [1.82, 2.24) is 10.2 Å². The number of carbonyl (C=O) groups excluding carboxylic acids is 2. The summed E-state index contributed by atoms with van der Waals surface area (Å²) < 4.78 is 35.3. The lowest BCUT2D eigenvalue weighted by Crippen LogP contribution is -2.53. The van der Waals surface area contributed by atoms with Crippen molar-refractivity contribution in [2.24, 2.45) is 0 Å². The minimum Gasteiger partial charge on any atom is -0.495 e. The summed E-state index contributed by atoms with van der Waals surface area (Å²) in [4.78, 5) is 29.6. The Kier molecular flexibility index (Phi) is 12.0. The lowest BCUT2D eigenvalue weighted by molar-refractivity contribution is -0.140. The number of methoxy groups -OCH3 is 1. The molecule has 2 amide bonds. The molecule has 0 saturated carbocycles. The van der Waals surface area contributed by atoms with Crippen LogP contribution in [0.3, 0.4) is 0 Å². The van der Waals surface area contributed by atoms with Crippen molar-refractivity contribution in [3.63, 3.8) is 0 Å². The van der Waals surface area contributed by atoms with E-state index in [0.29, 0.717) is 18.7 Å². The third-order valence-corrected chi connectivity index (χ3v) is 9.73. The highest BCUT2D eigenvalue weighted by Crippen LogP contribution is 2.32. The fourth-order valence-corrected chi connectivity index (χ4v) is 6.71. The number of amides is 2. The molecule has 0 bridgehead atoms. The fraction of sp³-hybridized carbons (Fsp3) is 0.235. The molecule has 0 fully saturated rings. The SMILES string of the molecule is CCCNC(=O)[C@@H](Cc1ccccc1)N(Cc1ccc(Br)cc1)C(=O)CN(c1ccc(OC)c(Cl)c1)S(=O)(=O)c1ccccc1. The van der Waals surface area contributed by atoms with Crippen molar-refractivity contribution in [3.8, 4) is 5.75 Å². The van der Waals surface area contributed by atoms with Crippen molar-refractivity contribution < 1.29 is 22.7 Å². The zero-order chi connectivity index (χ0) is 32.4. The van der Waals surface area contributed by atoms with E-state index >= 15 is 0 Å². The van der Waals surface area contributed by atoms with Gasteiger partial charge in [-0.25, -0.2) is 8.42 Å². The van der Waals surface area contributed by atoms with Crippen LogP contribution in [0, 0.1) is 0 Å². The summed E-state index contributed by atoms with van der Waals surface area (Å²) in [6.45, 7) is 1.88. The number of rotatable bonds is 14. The summed E-state index contributed by atoms with van der Waals surface area (Å²) in [5.74, 6) is -0.524. The van der Waals surface area contributed by atoms with Crippen molar-refractivity contribution in [3.05, 3.63) is 124 Å². The predicted octanol–water partition coefficient (Wildman–Crippen LogP) is 6.47. The summed E-state index contributed by atoms with van der Waals surface area (Å²) >= 11 is 9.87. The molecule has 0 unspecified atom stereocenters. The number of benzene rings is 4. The molecule has 8 nitrogen and oxygen atoms in total. The number of ether oxygens (including phenoxy) is 1. The van der Waals surface area contributed by atoms with Crippen LogP contribution in [-0.4, -0.2) is 51.4 Å². The van der Waals surface area contributed by atoms with E-state index in [0.717, 1.165) is 19.9 Å². The Balaban J connectivity index is 1.81. The van der Waals surface area contributed by atoms with Gasteiger partial charge in [0, 0.05) is 24.0 Å². The minimum atomic E-state index is -4.24. The Morgan fingerprint density at radius 2 is 1.56 bits per heavy atom. The number of hydrogen-bond donors (Lipinski definition) is 1. The molecule has 4 aromatic carbocycles. The number of sulfonamides is 1. The Bertz CT molecular complexity index is 1690. The Morgan fingerprint density at radius 1 is 0.911 bits per heavy atom. The fourth-order valence-electron chi connectivity index (χ4n) is 4.77. The first-order chi connectivity index (χ1) is 21.6.